The molecule has 160 valence electrons. The SMILES string of the molecule is COC(=O)c1c(-c2ccc(C)n2C)np(C([Si](C)(C)C)[Si](C)(C)C)c1C(=O)OC. The molecular formula is C20H33N2O4PSi2. The molecule has 0 saturated heterocycles. The molecule has 2 aromatic rings. The fourth-order valence-electron chi connectivity index (χ4n) is 4.27. The van der Waals surface area contributed by atoms with Gasteiger partial charge < -0.3 is 14.0 Å². The van der Waals surface area contributed by atoms with Crippen LogP contribution in [0.3, 0.4) is 0 Å². The minimum absolute atomic E-state index is 0.271. The van der Waals surface area contributed by atoms with E-state index < -0.39 is 35.8 Å². The number of nitrogens with zero attached hydrogens (tertiary/aromatic N) is 2. The van der Waals surface area contributed by atoms with Crippen LogP contribution in [0.1, 0.15) is 31.0 Å². The number of aryl methyl sites for hydroxylation is 1. The van der Waals surface area contributed by atoms with E-state index in [2.05, 4.69) is 39.3 Å². The lowest BCUT2D eigenvalue weighted by Crippen LogP contribution is -2.44. The predicted octanol–water partition coefficient (Wildman–Crippen LogP) is 5.25. The average molecular weight is 453 g/mol. The van der Waals surface area contributed by atoms with Gasteiger partial charge in [0.15, 0.2) is 0 Å². The smallest absolute Gasteiger partial charge is 0.344 e. The fraction of sp³-hybridized carbons (Fsp3) is 0.550. The van der Waals surface area contributed by atoms with E-state index in [9.17, 15) is 9.59 Å². The van der Waals surface area contributed by atoms with E-state index in [4.69, 9.17) is 14.2 Å². The number of hydrogen-bond donors (Lipinski definition) is 0. The average Bonchev–Trinajstić information content (AvgIpc) is 3.12. The molecule has 6 nitrogen and oxygen atoms in total. The van der Waals surface area contributed by atoms with E-state index in [1.165, 1.54) is 14.2 Å². The van der Waals surface area contributed by atoms with Crippen LogP contribution in [0, 0.1) is 6.92 Å². The van der Waals surface area contributed by atoms with E-state index in [0.717, 1.165) is 11.4 Å². The van der Waals surface area contributed by atoms with E-state index in [0.29, 0.717) is 15.9 Å². The van der Waals surface area contributed by atoms with Crippen LogP contribution in [0.4, 0.5) is 0 Å². The van der Waals surface area contributed by atoms with E-state index >= 15 is 0 Å². The summed E-state index contributed by atoms with van der Waals surface area (Å²) in [5.41, 5.74) is 2.70. The molecule has 1 unspecified atom stereocenters. The lowest BCUT2D eigenvalue weighted by Gasteiger charge is -2.38. The third-order valence-corrected chi connectivity index (χ3v) is 21.5. The molecule has 0 saturated carbocycles. The van der Waals surface area contributed by atoms with Gasteiger partial charge in [-0.3, -0.25) is 0 Å². The van der Waals surface area contributed by atoms with Gasteiger partial charge in [-0.15, -0.1) is 0 Å². The first kappa shape index (κ1) is 23.6. The zero-order chi connectivity index (χ0) is 22.3. The van der Waals surface area contributed by atoms with Crippen molar-refractivity contribution in [2.24, 2.45) is 7.05 Å². The van der Waals surface area contributed by atoms with E-state index in [1.807, 2.05) is 30.7 Å². The molecule has 0 radical (unpaired) electrons. The topological polar surface area (TPSA) is 70.4 Å². The number of hydrogen-bond acceptors (Lipinski definition) is 5. The van der Waals surface area contributed by atoms with Gasteiger partial charge in [0.1, 0.15) is 16.6 Å². The van der Waals surface area contributed by atoms with Crippen LogP contribution in [0.5, 0.6) is 0 Å². The Morgan fingerprint density at radius 2 is 1.52 bits per heavy atom. The molecule has 0 aliphatic rings. The predicted molar refractivity (Wildman–Crippen MR) is 124 cm³/mol. The summed E-state index contributed by atoms with van der Waals surface area (Å²) < 4.78 is 17.4. The molecule has 0 amide bonds. The van der Waals surface area contributed by atoms with Crippen molar-refractivity contribution in [3.05, 3.63) is 28.7 Å². The van der Waals surface area contributed by atoms with Crippen molar-refractivity contribution < 1.29 is 19.1 Å². The molecular weight excluding hydrogens is 419 g/mol. The Balaban J connectivity index is 3.00. The van der Waals surface area contributed by atoms with Gasteiger partial charge in [-0.05, 0) is 26.7 Å². The highest BCUT2D eigenvalue weighted by Crippen LogP contribution is 2.55. The highest BCUT2D eigenvalue weighted by Gasteiger charge is 2.44. The second kappa shape index (κ2) is 8.24. The van der Waals surface area contributed by atoms with Gasteiger partial charge in [0.2, 0.25) is 0 Å². The summed E-state index contributed by atoms with van der Waals surface area (Å²) in [4.78, 5) is 26.1. The molecule has 0 aliphatic carbocycles. The Kier molecular flexibility index (Phi) is 6.72. The lowest BCUT2D eigenvalue weighted by atomic mass is 10.1. The number of rotatable bonds is 6. The molecule has 9 heteroatoms. The van der Waals surface area contributed by atoms with Crippen LogP contribution in [0.2, 0.25) is 39.3 Å². The maximum atomic E-state index is 13.0. The maximum absolute atomic E-state index is 13.0. The standard InChI is InChI=1S/C20H33N2O4PSi2/c1-13-11-12-14(22(13)2)16-15(18(23)25-3)17(19(24)26-4)27(21-16)20(28(5,6)7)29(8,9)10/h11-12,20H,1-10H3. The Hall–Kier alpha value is -1.64. The zero-order valence-electron chi connectivity index (χ0n) is 19.2. The first-order valence-corrected chi connectivity index (χ1v) is 18.2. The third-order valence-electron chi connectivity index (χ3n) is 5.18. The van der Waals surface area contributed by atoms with E-state index in [-0.39, 0.29) is 5.56 Å². The van der Waals surface area contributed by atoms with Crippen molar-refractivity contribution in [1.29, 1.82) is 0 Å². The van der Waals surface area contributed by atoms with Crippen molar-refractivity contribution in [3.63, 3.8) is 0 Å². The summed E-state index contributed by atoms with van der Waals surface area (Å²) in [6, 6.07) is 3.93. The molecule has 0 bridgehead atoms. The highest BCUT2D eigenvalue weighted by molar-refractivity contribution is 7.56. The molecule has 29 heavy (non-hydrogen) atoms. The summed E-state index contributed by atoms with van der Waals surface area (Å²) in [5, 5.41) is 0.415. The molecule has 2 aromatic heterocycles. The summed E-state index contributed by atoms with van der Waals surface area (Å²) >= 11 is 0. The number of esters is 2. The first-order chi connectivity index (χ1) is 13.3. The summed E-state index contributed by atoms with van der Waals surface area (Å²) in [7, 11) is -0.0299. The second-order valence-electron chi connectivity index (χ2n) is 9.55. The minimum Gasteiger partial charge on any atom is -0.465 e. The van der Waals surface area contributed by atoms with Gasteiger partial charge in [-0.25, -0.2) is 14.3 Å². The van der Waals surface area contributed by atoms with Crippen LogP contribution >= 0.6 is 7.69 Å². The van der Waals surface area contributed by atoms with Crippen LogP contribution in [0.15, 0.2) is 12.1 Å². The largest absolute Gasteiger partial charge is 0.465 e. The van der Waals surface area contributed by atoms with Crippen molar-refractivity contribution in [2.45, 2.75) is 51.1 Å². The zero-order valence-corrected chi connectivity index (χ0v) is 22.1. The normalized spacial score (nSPS) is 13.0. The number of methoxy groups -OCH3 is 2. The van der Waals surface area contributed by atoms with Crippen LogP contribution in [-0.4, -0.2) is 51.6 Å². The Labute approximate surface area is 176 Å². The quantitative estimate of drug-likeness (QED) is 0.442. The summed E-state index contributed by atoms with van der Waals surface area (Å²) in [6.07, 6.45) is 0. The molecule has 0 spiro atoms. The molecule has 0 N–H and O–H groups in total. The summed E-state index contributed by atoms with van der Waals surface area (Å²) in [5.74, 6) is -0.999. The van der Waals surface area contributed by atoms with Gasteiger partial charge >= 0.3 is 11.9 Å². The Bertz CT molecular complexity index is 922. The first-order valence-electron chi connectivity index (χ1n) is 9.67. The molecule has 0 aromatic carbocycles. The van der Waals surface area contributed by atoms with E-state index in [1.54, 1.807) is 0 Å². The van der Waals surface area contributed by atoms with Gasteiger partial charge in [0.05, 0.1) is 36.1 Å². The molecule has 1 atom stereocenters. The second-order valence-corrected chi connectivity index (χ2v) is 23.6. The van der Waals surface area contributed by atoms with Gasteiger partial charge in [0, 0.05) is 17.6 Å². The van der Waals surface area contributed by atoms with Crippen molar-refractivity contribution in [2.75, 3.05) is 14.2 Å². The van der Waals surface area contributed by atoms with Gasteiger partial charge in [0.25, 0.3) is 0 Å². The van der Waals surface area contributed by atoms with Crippen LogP contribution in [-0.2, 0) is 16.5 Å². The minimum atomic E-state index is -1.72. The monoisotopic (exact) mass is 452 g/mol. The lowest BCUT2D eigenvalue weighted by molar-refractivity contribution is 0.0560. The molecule has 0 fully saturated rings. The van der Waals surface area contributed by atoms with Gasteiger partial charge in [-0.2, -0.15) is 0 Å². The maximum Gasteiger partial charge on any atom is 0.344 e. The summed E-state index contributed by atoms with van der Waals surface area (Å²) in [6.45, 7) is 15.9. The third kappa shape index (κ3) is 4.44. The highest BCUT2D eigenvalue weighted by atomic mass is 31.1. The van der Waals surface area contributed by atoms with Gasteiger partial charge in [-0.1, -0.05) is 39.3 Å². The van der Waals surface area contributed by atoms with Crippen molar-refractivity contribution in [1.82, 2.24) is 9.31 Å². The Morgan fingerprint density at radius 3 is 1.90 bits per heavy atom. The molecule has 0 aliphatic heterocycles. The van der Waals surface area contributed by atoms with Crippen LogP contribution in [0.25, 0.3) is 11.4 Å². The van der Waals surface area contributed by atoms with Crippen LogP contribution < -0.4 is 0 Å². The van der Waals surface area contributed by atoms with Crippen molar-refractivity contribution >= 4 is 35.8 Å². The number of ether oxygens (including phenoxy) is 2. The number of carbonyl (C=O) groups excluding carboxylic acids is 2. The van der Waals surface area contributed by atoms with Crippen molar-refractivity contribution in [3.8, 4) is 11.4 Å². The Morgan fingerprint density at radius 1 is 1.00 bits per heavy atom. The number of carbonyl (C=O) groups is 2. The molecule has 2 rings (SSSR count). The molecule has 2 heterocycles. The number of aromatic nitrogens is 2. The fourth-order valence-corrected chi connectivity index (χ4v) is 23.3.